The molecule has 0 saturated carbocycles. The summed E-state index contributed by atoms with van der Waals surface area (Å²) < 4.78 is 43.8. The number of carbonyl (C=O) groups excluding carboxylic acids is 1. The highest BCUT2D eigenvalue weighted by molar-refractivity contribution is 6.08. The molecular weight excluding hydrogens is 391 g/mol. The van der Waals surface area contributed by atoms with E-state index in [0.717, 1.165) is 34.2 Å². The third-order valence-electron chi connectivity index (χ3n) is 4.89. The number of fused-ring (bicyclic) bond motifs is 1. The van der Waals surface area contributed by atoms with Gasteiger partial charge < -0.3 is 9.72 Å². The second-order valence-electron chi connectivity index (χ2n) is 6.80. The maximum atomic E-state index is 12.9. The van der Waals surface area contributed by atoms with E-state index in [-0.39, 0.29) is 6.61 Å². The number of nitrogens with one attached hydrogen (secondary N) is 1. The van der Waals surface area contributed by atoms with Crippen molar-refractivity contribution in [1.82, 2.24) is 4.98 Å². The number of benzene rings is 3. The van der Waals surface area contributed by atoms with Gasteiger partial charge in [0.15, 0.2) is 0 Å². The van der Waals surface area contributed by atoms with E-state index >= 15 is 0 Å². The second kappa shape index (κ2) is 7.71. The van der Waals surface area contributed by atoms with Gasteiger partial charge >= 0.3 is 12.1 Å². The van der Waals surface area contributed by atoms with Crippen LogP contribution in [0, 0.1) is 0 Å². The Bertz CT molecular complexity index is 1190. The van der Waals surface area contributed by atoms with Crippen LogP contribution in [0.2, 0.25) is 0 Å². The van der Waals surface area contributed by atoms with Crippen molar-refractivity contribution in [2.45, 2.75) is 13.1 Å². The van der Waals surface area contributed by atoms with Crippen molar-refractivity contribution in [3.63, 3.8) is 0 Å². The number of hydrogen-bond donors (Lipinski definition) is 1. The largest absolute Gasteiger partial charge is 0.461 e. The predicted molar refractivity (Wildman–Crippen MR) is 110 cm³/mol. The van der Waals surface area contributed by atoms with Crippen molar-refractivity contribution in [2.24, 2.45) is 0 Å². The topological polar surface area (TPSA) is 42.1 Å². The Morgan fingerprint density at radius 1 is 0.900 bits per heavy atom. The quantitative estimate of drug-likeness (QED) is 0.381. The Kier molecular flexibility index (Phi) is 5.08. The number of alkyl halides is 3. The number of rotatable bonds is 4. The molecule has 3 aromatic carbocycles. The summed E-state index contributed by atoms with van der Waals surface area (Å²) in [7, 11) is 0. The van der Waals surface area contributed by atoms with Crippen LogP contribution in [-0.4, -0.2) is 17.6 Å². The van der Waals surface area contributed by atoms with Crippen LogP contribution in [0.25, 0.3) is 33.2 Å². The van der Waals surface area contributed by atoms with Crippen molar-refractivity contribution in [3.05, 3.63) is 84.1 Å². The second-order valence-corrected chi connectivity index (χ2v) is 6.80. The number of halogens is 3. The highest BCUT2D eigenvalue weighted by atomic mass is 19.4. The molecule has 0 saturated heterocycles. The summed E-state index contributed by atoms with van der Waals surface area (Å²) in [6, 6.07) is 20.0. The minimum Gasteiger partial charge on any atom is -0.461 e. The molecule has 0 fully saturated rings. The fraction of sp³-hybridized carbons (Fsp3) is 0.125. The standard InChI is InChI=1S/C24H18F3NO2/c1-2-30-23(29)22-21(16-6-4-3-5-7-16)19-14-17(10-13-20(19)28-22)15-8-11-18(12-9-15)24(25,26)27/h3-14,28H,2H2,1H3. The van der Waals surface area contributed by atoms with E-state index in [1.807, 2.05) is 48.5 Å². The van der Waals surface area contributed by atoms with Crippen LogP contribution < -0.4 is 0 Å². The molecule has 1 heterocycles. The van der Waals surface area contributed by atoms with Gasteiger partial charge in [-0.1, -0.05) is 48.5 Å². The van der Waals surface area contributed by atoms with Gasteiger partial charge in [-0.2, -0.15) is 13.2 Å². The van der Waals surface area contributed by atoms with Gasteiger partial charge in [0.1, 0.15) is 5.69 Å². The Hall–Kier alpha value is -3.54. The van der Waals surface area contributed by atoms with E-state index in [2.05, 4.69) is 4.98 Å². The van der Waals surface area contributed by atoms with Crippen molar-refractivity contribution < 1.29 is 22.7 Å². The van der Waals surface area contributed by atoms with Crippen LogP contribution >= 0.6 is 0 Å². The average molecular weight is 409 g/mol. The average Bonchev–Trinajstić information content (AvgIpc) is 3.13. The minimum absolute atomic E-state index is 0.249. The molecule has 0 radical (unpaired) electrons. The van der Waals surface area contributed by atoms with Gasteiger partial charge in [-0.25, -0.2) is 4.79 Å². The first-order valence-electron chi connectivity index (χ1n) is 9.44. The highest BCUT2D eigenvalue weighted by Crippen LogP contribution is 2.36. The number of H-pyrrole nitrogens is 1. The summed E-state index contributed by atoms with van der Waals surface area (Å²) in [5, 5.41) is 0.793. The SMILES string of the molecule is CCOC(=O)c1[nH]c2ccc(-c3ccc(C(F)(F)F)cc3)cc2c1-c1ccccc1. The Labute approximate surface area is 171 Å². The number of hydrogen-bond acceptors (Lipinski definition) is 2. The van der Waals surface area contributed by atoms with Crippen molar-refractivity contribution in [3.8, 4) is 22.3 Å². The van der Waals surface area contributed by atoms with Crippen LogP contribution in [0.5, 0.6) is 0 Å². The maximum Gasteiger partial charge on any atom is 0.416 e. The molecule has 6 heteroatoms. The lowest BCUT2D eigenvalue weighted by Crippen LogP contribution is -2.06. The van der Waals surface area contributed by atoms with Crippen molar-refractivity contribution in [1.29, 1.82) is 0 Å². The Balaban J connectivity index is 1.87. The summed E-state index contributed by atoms with van der Waals surface area (Å²) in [4.78, 5) is 15.7. The predicted octanol–water partition coefficient (Wildman–Crippen LogP) is 6.70. The van der Waals surface area contributed by atoms with Crippen LogP contribution in [0.4, 0.5) is 13.2 Å². The first kappa shape index (κ1) is 19.8. The van der Waals surface area contributed by atoms with Gasteiger partial charge in [0.25, 0.3) is 0 Å². The van der Waals surface area contributed by atoms with E-state index in [4.69, 9.17) is 4.74 Å². The van der Waals surface area contributed by atoms with Crippen molar-refractivity contribution >= 4 is 16.9 Å². The normalized spacial score (nSPS) is 11.6. The van der Waals surface area contributed by atoms with E-state index < -0.39 is 17.7 Å². The highest BCUT2D eigenvalue weighted by Gasteiger charge is 2.30. The van der Waals surface area contributed by atoms with E-state index in [0.29, 0.717) is 16.8 Å². The smallest absolute Gasteiger partial charge is 0.416 e. The van der Waals surface area contributed by atoms with E-state index in [1.165, 1.54) is 12.1 Å². The molecule has 4 rings (SSSR count). The third-order valence-corrected chi connectivity index (χ3v) is 4.89. The fourth-order valence-electron chi connectivity index (χ4n) is 3.48. The number of ether oxygens (including phenoxy) is 1. The van der Waals surface area contributed by atoms with Crippen LogP contribution in [0.3, 0.4) is 0 Å². The molecule has 0 amide bonds. The molecule has 1 aromatic heterocycles. The van der Waals surface area contributed by atoms with Gasteiger partial charge in [-0.05, 0) is 47.9 Å². The van der Waals surface area contributed by atoms with Gasteiger partial charge in [0.05, 0.1) is 12.2 Å². The number of carbonyl (C=O) groups is 1. The maximum absolute atomic E-state index is 12.9. The van der Waals surface area contributed by atoms with Crippen LogP contribution in [0.15, 0.2) is 72.8 Å². The molecule has 0 aliphatic heterocycles. The van der Waals surface area contributed by atoms with E-state index in [9.17, 15) is 18.0 Å². The molecule has 1 N–H and O–H groups in total. The summed E-state index contributed by atoms with van der Waals surface area (Å²) >= 11 is 0. The number of esters is 1. The molecule has 30 heavy (non-hydrogen) atoms. The molecular formula is C24H18F3NO2. The molecule has 0 spiro atoms. The van der Waals surface area contributed by atoms with Crippen molar-refractivity contribution in [2.75, 3.05) is 6.61 Å². The zero-order valence-corrected chi connectivity index (χ0v) is 16.1. The Morgan fingerprint density at radius 3 is 2.20 bits per heavy atom. The summed E-state index contributed by atoms with van der Waals surface area (Å²) in [6.45, 7) is 1.99. The summed E-state index contributed by atoms with van der Waals surface area (Å²) in [6.07, 6.45) is -4.38. The third kappa shape index (κ3) is 3.68. The van der Waals surface area contributed by atoms with Gasteiger partial charge in [-0.15, -0.1) is 0 Å². The van der Waals surface area contributed by atoms with Gasteiger partial charge in [0, 0.05) is 16.5 Å². The lowest BCUT2D eigenvalue weighted by atomic mass is 9.97. The Morgan fingerprint density at radius 2 is 1.57 bits per heavy atom. The molecule has 0 aliphatic rings. The molecule has 4 aromatic rings. The number of aromatic nitrogens is 1. The molecule has 0 aliphatic carbocycles. The molecule has 152 valence electrons. The first-order chi connectivity index (χ1) is 14.4. The summed E-state index contributed by atoms with van der Waals surface area (Å²) in [5.41, 5.74) is 3.36. The van der Waals surface area contributed by atoms with Crippen LogP contribution in [0.1, 0.15) is 23.0 Å². The van der Waals surface area contributed by atoms with Gasteiger partial charge in [0.2, 0.25) is 0 Å². The minimum atomic E-state index is -4.38. The zero-order chi connectivity index (χ0) is 21.3. The molecule has 3 nitrogen and oxygen atoms in total. The first-order valence-corrected chi connectivity index (χ1v) is 9.44. The summed E-state index contributed by atoms with van der Waals surface area (Å²) in [5.74, 6) is -0.455. The van der Waals surface area contributed by atoms with E-state index in [1.54, 1.807) is 6.92 Å². The lowest BCUT2D eigenvalue weighted by Gasteiger charge is -2.08. The monoisotopic (exact) mass is 409 g/mol. The molecule has 0 bridgehead atoms. The molecule has 0 unspecified atom stereocenters. The van der Waals surface area contributed by atoms with Crippen LogP contribution in [-0.2, 0) is 10.9 Å². The fourth-order valence-corrected chi connectivity index (χ4v) is 3.48. The zero-order valence-electron chi connectivity index (χ0n) is 16.1. The lowest BCUT2D eigenvalue weighted by molar-refractivity contribution is -0.137. The van der Waals surface area contributed by atoms with Gasteiger partial charge in [-0.3, -0.25) is 0 Å². The number of aromatic amines is 1. The molecule has 0 atom stereocenters.